The fraction of sp³-hybridized carbons (Fsp3) is 0.850. The van der Waals surface area contributed by atoms with Crippen LogP contribution in [0, 0.1) is 0 Å². The molecule has 0 saturated heterocycles. The fourth-order valence-corrected chi connectivity index (χ4v) is 2.79. The highest BCUT2D eigenvalue weighted by Crippen LogP contribution is 2.17. The maximum Gasteiger partial charge on any atom is 0.522 e. The van der Waals surface area contributed by atoms with Gasteiger partial charge in [0.25, 0.3) is 0 Å². The molecule has 0 heterocycles. The molecule has 26 heavy (non-hydrogen) atoms. The first kappa shape index (κ1) is 25.0. The van der Waals surface area contributed by atoms with Crippen LogP contribution in [0.25, 0.3) is 0 Å². The molecule has 0 radical (unpaired) electrons. The zero-order valence-electron chi connectivity index (χ0n) is 16.0. The number of ether oxygens (including phenoxy) is 1. The molecule has 0 fully saturated rings. The molecular weight excluding hydrogens is 343 g/mol. The van der Waals surface area contributed by atoms with Crippen LogP contribution < -0.4 is 5.32 Å². The van der Waals surface area contributed by atoms with Gasteiger partial charge < -0.3 is 5.32 Å². The number of carbonyl (C=O) groups is 1. The Kier molecular flexibility index (Phi) is 16.7. The second-order valence-electron chi connectivity index (χ2n) is 6.73. The Bertz CT molecular complexity index is 346. The Labute approximate surface area is 156 Å². The quantitative estimate of drug-likeness (QED) is 0.225. The van der Waals surface area contributed by atoms with Crippen LogP contribution in [0.2, 0.25) is 0 Å². The van der Waals surface area contributed by atoms with Gasteiger partial charge in [-0.3, -0.25) is 9.53 Å². The largest absolute Gasteiger partial charge is 0.522 e. The van der Waals surface area contributed by atoms with E-state index in [1.165, 1.54) is 44.9 Å². The third-order valence-corrected chi connectivity index (χ3v) is 4.26. The van der Waals surface area contributed by atoms with Gasteiger partial charge in [0, 0.05) is 13.0 Å². The summed E-state index contributed by atoms with van der Waals surface area (Å²) in [6.45, 7) is 3.89. The van der Waals surface area contributed by atoms with Gasteiger partial charge in [-0.25, -0.2) is 0 Å². The van der Waals surface area contributed by atoms with E-state index in [-0.39, 0.29) is 12.5 Å². The van der Waals surface area contributed by atoms with Crippen LogP contribution in [0.5, 0.6) is 0 Å². The molecular formula is C20H36F3NO2. The second-order valence-corrected chi connectivity index (χ2v) is 6.73. The van der Waals surface area contributed by atoms with Crippen LogP contribution in [-0.4, -0.2) is 25.4 Å². The average Bonchev–Trinajstić information content (AvgIpc) is 2.58. The van der Waals surface area contributed by atoms with Crippen molar-refractivity contribution in [2.75, 3.05) is 13.2 Å². The predicted octanol–water partition coefficient (Wildman–Crippen LogP) is 6.29. The van der Waals surface area contributed by atoms with Crippen LogP contribution in [0.3, 0.4) is 0 Å². The zero-order chi connectivity index (χ0) is 19.5. The number of nitrogens with one attached hydrogen (secondary N) is 1. The molecule has 0 aliphatic heterocycles. The Morgan fingerprint density at radius 2 is 1.23 bits per heavy atom. The molecule has 154 valence electrons. The Hall–Kier alpha value is -1.04. The molecule has 0 aromatic heterocycles. The van der Waals surface area contributed by atoms with Gasteiger partial charge in [-0.1, -0.05) is 76.7 Å². The van der Waals surface area contributed by atoms with Crippen molar-refractivity contribution in [2.45, 2.75) is 96.3 Å². The van der Waals surface area contributed by atoms with Gasteiger partial charge in [0.15, 0.2) is 0 Å². The van der Waals surface area contributed by atoms with Crippen molar-refractivity contribution in [3.8, 4) is 0 Å². The number of rotatable bonds is 18. The summed E-state index contributed by atoms with van der Waals surface area (Å²) in [5.74, 6) is 0.109. The van der Waals surface area contributed by atoms with Crippen LogP contribution in [0.15, 0.2) is 12.7 Å². The molecule has 0 atom stereocenters. The molecule has 0 aliphatic carbocycles. The van der Waals surface area contributed by atoms with Gasteiger partial charge >= 0.3 is 6.36 Å². The molecule has 0 rings (SSSR count). The lowest BCUT2D eigenvalue weighted by molar-refractivity contribution is -0.324. The summed E-state index contributed by atoms with van der Waals surface area (Å²) >= 11 is 0. The molecule has 0 unspecified atom stereocenters. The van der Waals surface area contributed by atoms with Crippen molar-refractivity contribution >= 4 is 5.91 Å². The van der Waals surface area contributed by atoms with E-state index in [1.54, 1.807) is 6.08 Å². The molecule has 0 aromatic rings. The smallest absolute Gasteiger partial charge is 0.353 e. The van der Waals surface area contributed by atoms with Crippen LogP contribution >= 0.6 is 0 Å². The van der Waals surface area contributed by atoms with E-state index in [0.29, 0.717) is 19.4 Å². The third kappa shape index (κ3) is 21.0. The molecule has 0 bridgehead atoms. The van der Waals surface area contributed by atoms with Crippen LogP contribution in [0.1, 0.15) is 89.9 Å². The molecule has 3 nitrogen and oxygen atoms in total. The highest BCUT2D eigenvalue weighted by atomic mass is 19.4. The van der Waals surface area contributed by atoms with Gasteiger partial charge in [-0.2, -0.15) is 0 Å². The van der Waals surface area contributed by atoms with E-state index in [2.05, 4.69) is 16.6 Å². The summed E-state index contributed by atoms with van der Waals surface area (Å²) in [6, 6.07) is 0. The summed E-state index contributed by atoms with van der Waals surface area (Å²) in [7, 11) is 0. The first-order valence-corrected chi connectivity index (χ1v) is 10.0. The number of halogens is 3. The van der Waals surface area contributed by atoms with Gasteiger partial charge in [-0.05, 0) is 12.8 Å². The Morgan fingerprint density at radius 3 is 1.65 bits per heavy atom. The number of carbonyl (C=O) groups excluding carboxylic acids is 1. The summed E-state index contributed by atoms with van der Waals surface area (Å²) in [6.07, 6.45) is 11.8. The van der Waals surface area contributed by atoms with Gasteiger partial charge in [0.05, 0.1) is 6.61 Å². The molecule has 1 N–H and O–H groups in total. The van der Waals surface area contributed by atoms with Crippen molar-refractivity contribution in [1.29, 1.82) is 0 Å². The van der Waals surface area contributed by atoms with E-state index in [9.17, 15) is 18.0 Å². The maximum atomic E-state index is 11.8. The van der Waals surface area contributed by atoms with Gasteiger partial charge in [-0.15, -0.1) is 19.8 Å². The first-order valence-electron chi connectivity index (χ1n) is 10.0. The number of hydrogen-bond acceptors (Lipinski definition) is 2. The lowest BCUT2D eigenvalue weighted by Crippen LogP contribution is -2.22. The molecule has 6 heteroatoms. The summed E-state index contributed by atoms with van der Waals surface area (Å²) in [4.78, 5) is 11.4. The summed E-state index contributed by atoms with van der Waals surface area (Å²) < 4.78 is 39.0. The summed E-state index contributed by atoms with van der Waals surface area (Å²) in [5.41, 5.74) is 0. The number of amides is 1. The Morgan fingerprint density at radius 1 is 0.808 bits per heavy atom. The lowest BCUT2D eigenvalue weighted by Gasteiger charge is -2.06. The number of hydrogen-bond donors (Lipinski definition) is 1. The lowest BCUT2D eigenvalue weighted by atomic mass is 10.0. The third-order valence-electron chi connectivity index (χ3n) is 4.26. The number of unbranched alkanes of at least 4 members (excludes halogenated alkanes) is 12. The highest BCUT2D eigenvalue weighted by molar-refractivity contribution is 5.75. The van der Waals surface area contributed by atoms with E-state index >= 15 is 0 Å². The van der Waals surface area contributed by atoms with E-state index < -0.39 is 6.36 Å². The first-order chi connectivity index (χ1) is 12.5. The molecule has 0 spiro atoms. The van der Waals surface area contributed by atoms with Crippen molar-refractivity contribution < 1.29 is 22.7 Å². The monoisotopic (exact) mass is 379 g/mol. The molecule has 0 aromatic carbocycles. The van der Waals surface area contributed by atoms with E-state index in [0.717, 1.165) is 32.1 Å². The highest BCUT2D eigenvalue weighted by Gasteiger charge is 2.28. The fourth-order valence-electron chi connectivity index (χ4n) is 2.79. The predicted molar refractivity (Wildman–Crippen MR) is 99.9 cm³/mol. The SMILES string of the molecule is C=CCNC(=O)CCCCCCCCCCCCCCCOC(F)(F)F. The van der Waals surface area contributed by atoms with Crippen molar-refractivity contribution in [3.63, 3.8) is 0 Å². The Balaban J connectivity index is 3.11. The number of alkyl halides is 3. The summed E-state index contributed by atoms with van der Waals surface area (Å²) in [5, 5.41) is 2.78. The second kappa shape index (κ2) is 17.4. The van der Waals surface area contributed by atoms with Crippen molar-refractivity contribution in [1.82, 2.24) is 5.32 Å². The van der Waals surface area contributed by atoms with E-state index in [4.69, 9.17) is 0 Å². The normalized spacial score (nSPS) is 11.5. The van der Waals surface area contributed by atoms with Gasteiger partial charge in [0.1, 0.15) is 0 Å². The van der Waals surface area contributed by atoms with E-state index in [1.807, 2.05) is 0 Å². The minimum atomic E-state index is -4.49. The van der Waals surface area contributed by atoms with Crippen molar-refractivity contribution in [2.24, 2.45) is 0 Å². The van der Waals surface area contributed by atoms with Crippen LogP contribution in [-0.2, 0) is 9.53 Å². The van der Waals surface area contributed by atoms with Crippen LogP contribution in [0.4, 0.5) is 13.2 Å². The average molecular weight is 380 g/mol. The topological polar surface area (TPSA) is 38.3 Å². The maximum absolute atomic E-state index is 11.8. The molecule has 1 amide bonds. The standard InChI is InChI=1S/C20H36F3NO2/c1-2-17-24-19(25)16-14-12-10-8-6-4-3-5-7-9-11-13-15-18-26-20(21,22)23/h2H,1,3-18H2,(H,24,25). The zero-order valence-corrected chi connectivity index (χ0v) is 16.0. The molecule has 0 saturated carbocycles. The van der Waals surface area contributed by atoms with Crippen molar-refractivity contribution in [3.05, 3.63) is 12.7 Å². The van der Waals surface area contributed by atoms with Gasteiger partial charge in [0.2, 0.25) is 5.91 Å². The minimum Gasteiger partial charge on any atom is -0.353 e. The molecule has 0 aliphatic rings. The minimum absolute atomic E-state index is 0.109.